The predicted molar refractivity (Wildman–Crippen MR) is 71.9 cm³/mol. The van der Waals surface area contributed by atoms with Crippen molar-refractivity contribution in [2.45, 2.75) is 6.42 Å². The van der Waals surface area contributed by atoms with Gasteiger partial charge in [0.1, 0.15) is 0 Å². The summed E-state index contributed by atoms with van der Waals surface area (Å²) in [4.78, 5) is 11.8. The third kappa shape index (κ3) is 3.69. The number of hydrogen-bond donors (Lipinski definition) is 2. The van der Waals surface area contributed by atoms with Gasteiger partial charge in [-0.3, -0.25) is 4.79 Å². The number of anilines is 1. The first kappa shape index (κ1) is 13.4. The molecule has 5 heteroatoms. The van der Waals surface area contributed by atoms with Crippen LogP contribution in [0.5, 0.6) is 5.75 Å². The van der Waals surface area contributed by atoms with Gasteiger partial charge in [-0.1, -0.05) is 23.7 Å². The SMILES string of the molecule is O=C(Cc1cccc(Cl)c1)Nc1ccc(O)c(F)c1. The van der Waals surface area contributed by atoms with Gasteiger partial charge in [0.05, 0.1) is 6.42 Å². The van der Waals surface area contributed by atoms with Crippen LogP contribution in [0.4, 0.5) is 10.1 Å². The van der Waals surface area contributed by atoms with E-state index >= 15 is 0 Å². The van der Waals surface area contributed by atoms with Gasteiger partial charge in [-0.15, -0.1) is 0 Å². The summed E-state index contributed by atoms with van der Waals surface area (Å²) in [5.74, 6) is -1.51. The lowest BCUT2D eigenvalue weighted by atomic mass is 10.1. The van der Waals surface area contributed by atoms with Crippen LogP contribution in [-0.2, 0) is 11.2 Å². The first-order valence-corrected chi connectivity index (χ1v) is 5.95. The molecule has 2 aromatic carbocycles. The number of phenolic OH excluding ortho intramolecular Hbond substituents is 1. The molecule has 19 heavy (non-hydrogen) atoms. The molecule has 0 atom stereocenters. The van der Waals surface area contributed by atoms with Crippen LogP contribution in [0.1, 0.15) is 5.56 Å². The van der Waals surface area contributed by atoms with E-state index in [9.17, 15) is 9.18 Å². The summed E-state index contributed by atoms with van der Waals surface area (Å²) in [5.41, 5.74) is 1.06. The van der Waals surface area contributed by atoms with Crippen molar-refractivity contribution in [2.75, 3.05) is 5.32 Å². The standard InChI is InChI=1S/C14H11ClFNO2/c15-10-3-1-2-9(6-10)7-14(19)17-11-4-5-13(18)12(16)8-11/h1-6,8,18H,7H2,(H,17,19). The maximum atomic E-state index is 13.1. The summed E-state index contributed by atoms with van der Waals surface area (Å²) in [5, 5.41) is 12.1. The van der Waals surface area contributed by atoms with Gasteiger partial charge < -0.3 is 10.4 Å². The van der Waals surface area contributed by atoms with Gasteiger partial charge >= 0.3 is 0 Å². The van der Waals surface area contributed by atoms with Crippen molar-refractivity contribution in [1.29, 1.82) is 0 Å². The fourth-order valence-electron chi connectivity index (χ4n) is 1.62. The number of aromatic hydroxyl groups is 1. The molecule has 2 N–H and O–H groups in total. The Bertz CT molecular complexity index is 616. The van der Waals surface area contributed by atoms with Crippen LogP contribution in [0, 0.1) is 5.82 Å². The van der Waals surface area contributed by atoms with E-state index in [1.165, 1.54) is 12.1 Å². The molecular weight excluding hydrogens is 269 g/mol. The van der Waals surface area contributed by atoms with Crippen LogP contribution >= 0.6 is 11.6 Å². The number of carbonyl (C=O) groups is 1. The third-order valence-electron chi connectivity index (χ3n) is 2.49. The highest BCUT2D eigenvalue weighted by Crippen LogP contribution is 2.19. The maximum absolute atomic E-state index is 13.1. The summed E-state index contributed by atoms with van der Waals surface area (Å²) in [6.07, 6.45) is 0.142. The zero-order chi connectivity index (χ0) is 13.8. The minimum absolute atomic E-state index is 0.142. The van der Waals surface area contributed by atoms with E-state index in [4.69, 9.17) is 16.7 Å². The molecule has 2 rings (SSSR count). The number of phenols is 1. The number of halogens is 2. The number of nitrogens with one attached hydrogen (secondary N) is 1. The molecule has 2 aromatic rings. The topological polar surface area (TPSA) is 49.3 Å². The largest absolute Gasteiger partial charge is 0.505 e. The van der Waals surface area contributed by atoms with Crippen molar-refractivity contribution in [2.24, 2.45) is 0 Å². The first-order valence-electron chi connectivity index (χ1n) is 5.57. The Morgan fingerprint density at radius 1 is 1.26 bits per heavy atom. The second kappa shape index (κ2) is 5.71. The Morgan fingerprint density at radius 2 is 2.05 bits per heavy atom. The van der Waals surface area contributed by atoms with E-state index in [-0.39, 0.29) is 12.3 Å². The molecule has 0 aliphatic heterocycles. The fourth-order valence-corrected chi connectivity index (χ4v) is 1.84. The number of amides is 1. The molecule has 98 valence electrons. The average Bonchev–Trinajstić information content (AvgIpc) is 2.34. The maximum Gasteiger partial charge on any atom is 0.228 e. The highest BCUT2D eigenvalue weighted by Gasteiger charge is 2.07. The van der Waals surface area contributed by atoms with Gasteiger partial charge in [0.2, 0.25) is 5.91 Å². The van der Waals surface area contributed by atoms with E-state index in [1.54, 1.807) is 24.3 Å². The van der Waals surface area contributed by atoms with E-state index < -0.39 is 11.6 Å². The quantitative estimate of drug-likeness (QED) is 0.847. The van der Waals surface area contributed by atoms with Crippen LogP contribution in [0.25, 0.3) is 0 Å². The average molecular weight is 280 g/mol. The lowest BCUT2D eigenvalue weighted by Gasteiger charge is -2.06. The van der Waals surface area contributed by atoms with Crippen molar-refractivity contribution in [3.05, 3.63) is 58.9 Å². The highest BCUT2D eigenvalue weighted by molar-refractivity contribution is 6.30. The van der Waals surface area contributed by atoms with Crippen LogP contribution in [0.3, 0.4) is 0 Å². The Hall–Kier alpha value is -2.07. The molecule has 1 amide bonds. The van der Waals surface area contributed by atoms with Crippen LogP contribution in [0.2, 0.25) is 5.02 Å². The molecule has 0 saturated heterocycles. The summed E-state index contributed by atoms with van der Waals surface area (Å²) in [7, 11) is 0. The lowest BCUT2D eigenvalue weighted by molar-refractivity contribution is -0.115. The molecule has 0 radical (unpaired) electrons. The zero-order valence-electron chi connectivity index (χ0n) is 9.86. The fraction of sp³-hybridized carbons (Fsp3) is 0.0714. The molecule has 0 unspecified atom stereocenters. The smallest absolute Gasteiger partial charge is 0.228 e. The first-order chi connectivity index (χ1) is 9.04. The van der Waals surface area contributed by atoms with Gasteiger partial charge in [0.25, 0.3) is 0 Å². The minimum Gasteiger partial charge on any atom is -0.505 e. The van der Waals surface area contributed by atoms with E-state index in [1.807, 2.05) is 0 Å². The van der Waals surface area contributed by atoms with Gasteiger partial charge in [0, 0.05) is 16.8 Å². The van der Waals surface area contributed by atoms with Crippen molar-refractivity contribution in [3.63, 3.8) is 0 Å². The summed E-state index contributed by atoms with van der Waals surface area (Å²) in [6, 6.07) is 10.6. The normalized spacial score (nSPS) is 10.2. The molecule has 0 saturated carbocycles. The van der Waals surface area contributed by atoms with Crippen molar-refractivity contribution in [1.82, 2.24) is 0 Å². The number of hydrogen-bond acceptors (Lipinski definition) is 2. The number of carbonyl (C=O) groups excluding carboxylic acids is 1. The number of rotatable bonds is 3. The molecule has 0 aliphatic carbocycles. The van der Waals surface area contributed by atoms with E-state index in [0.717, 1.165) is 11.6 Å². The van der Waals surface area contributed by atoms with Crippen molar-refractivity contribution < 1.29 is 14.3 Å². The van der Waals surface area contributed by atoms with Gasteiger partial charge in [0.15, 0.2) is 11.6 Å². The van der Waals surface area contributed by atoms with Crippen LogP contribution < -0.4 is 5.32 Å². The molecule has 0 aliphatic rings. The number of benzene rings is 2. The van der Waals surface area contributed by atoms with Gasteiger partial charge in [-0.05, 0) is 29.8 Å². The Kier molecular flexibility index (Phi) is 4.02. The second-order valence-corrected chi connectivity index (χ2v) is 4.46. The van der Waals surface area contributed by atoms with Crippen LogP contribution in [-0.4, -0.2) is 11.0 Å². The van der Waals surface area contributed by atoms with Crippen molar-refractivity contribution >= 4 is 23.2 Å². The lowest BCUT2D eigenvalue weighted by Crippen LogP contribution is -2.14. The Morgan fingerprint density at radius 3 is 2.74 bits per heavy atom. The zero-order valence-corrected chi connectivity index (χ0v) is 10.6. The summed E-state index contributed by atoms with van der Waals surface area (Å²) < 4.78 is 13.1. The molecular formula is C14H11ClFNO2. The molecule has 0 fully saturated rings. The van der Waals surface area contributed by atoms with Crippen molar-refractivity contribution in [3.8, 4) is 5.75 Å². The second-order valence-electron chi connectivity index (χ2n) is 4.02. The highest BCUT2D eigenvalue weighted by atomic mass is 35.5. The molecule has 0 heterocycles. The Balaban J connectivity index is 2.03. The Labute approximate surface area is 114 Å². The minimum atomic E-state index is -0.777. The van der Waals surface area contributed by atoms with E-state index in [0.29, 0.717) is 10.7 Å². The molecule has 0 spiro atoms. The van der Waals surface area contributed by atoms with E-state index in [2.05, 4.69) is 5.32 Å². The molecule has 3 nitrogen and oxygen atoms in total. The third-order valence-corrected chi connectivity index (χ3v) is 2.72. The van der Waals surface area contributed by atoms with Gasteiger partial charge in [-0.2, -0.15) is 0 Å². The monoisotopic (exact) mass is 279 g/mol. The van der Waals surface area contributed by atoms with Gasteiger partial charge in [-0.25, -0.2) is 4.39 Å². The van der Waals surface area contributed by atoms with Crippen LogP contribution in [0.15, 0.2) is 42.5 Å². The summed E-state index contributed by atoms with van der Waals surface area (Å²) >= 11 is 5.82. The predicted octanol–water partition coefficient (Wildman–Crippen LogP) is 3.37. The summed E-state index contributed by atoms with van der Waals surface area (Å²) in [6.45, 7) is 0. The molecule has 0 bridgehead atoms. The molecule has 0 aromatic heterocycles.